The van der Waals surface area contributed by atoms with Crippen LogP contribution in [0.1, 0.15) is 30.4 Å². The molecule has 1 fully saturated rings. The molecular weight excluding hydrogens is 268 g/mol. The van der Waals surface area contributed by atoms with Crippen LogP contribution in [0.15, 0.2) is 22.7 Å². The molecule has 2 rings (SSSR count). The van der Waals surface area contributed by atoms with Crippen LogP contribution in [0.25, 0.3) is 0 Å². The Morgan fingerprint density at radius 2 is 2.38 bits per heavy atom. The smallest absolute Gasteiger partial charge is 0.134 e. The third kappa shape index (κ3) is 2.71. The maximum absolute atomic E-state index is 11.0. The quantitative estimate of drug-likeness (QED) is 0.852. The monoisotopic (exact) mass is 282 g/mol. The molecule has 1 unspecified atom stereocenters. The molecule has 1 aliphatic rings. The Kier molecular flexibility index (Phi) is 3.77. The van der Waals surface area contributed by atoms with Gasteiger partial charge >= 0.3 is 0 Å². The van der Waals surface area contributed by atoms with Crippen molar-refractivity contribution in [1.29, 1.82) is 0 Å². The van der Waals surface area contributed by atoms with Crippen LogP contribution in [0.4, 0.5) is 0 Å². The molecule has 0 radical (unpaired) electrons. The van der Waals surface area contributed by atoms with Gasteiger partial charge in [-0.3, -0.25) is 4.79 Å². The molecule has 0 bridgehead atoms. The highest BCUT2D eigenvalue weighted by molar-refractivity contribution is 9.10. The number of rotatable bonds is 3. The zero-order chi connectivity index (χ0) is 11.5. The van der Waals surface area contributed by atoms with Crippen LogP contribution in [-0.2, 0) is 16.0 Å². The number of ketones is 1. The molecule has 0 amide bonds. The average Bonchev–Trinajstić information content (AvgIpc) is 2.69. The summed E-state index contributed by atoms with van der Waals surface area (Å²) in [5.74, 6) is 0.699. The summed E-state index contributed by atoms with van der Waals surface area (Å²) < 4.78 is 6.49. The lowest BCUT2D eigenvalue weighted by molar-refractivity contribution is -0.116. The second kappa shape index (κ2) is 5.11. The van der Waals surface area contributed by atoms with E-state index in [2.05, 4.69) is 28.1 Å². The molecule has 1 heterocycles. The molecule has 0 aromatic heterocycles. The minimum absolute atomic E-state index is 0.198. The van der Waals surface area contributed by atoms with Gasteiger partial charge in [-0.2, -0.15) is 0 Å². The summed E-state index contributed by atoms with van der Waals surface area (Å²) in [6, 6.07) is 6.20. The Bertz CT molecular complexity index is 395. The van der Waals surface area contributed by atoms with Crippen molar-refractivity contribution in [3.05, 3.63) is 33.8 Å². The number of carbonyl (C=O) groups excluding carboxylic acids is 1. The maximum atomic E-state index is 11.0. The van der Waals surface area contributed by atoms with Gasteiger partial charge in [-0.25, -0.2) is 0 Å². The van der Waals surface area contributed by atoms with Crippen LogP contribution < -0.4 is 0 Å². The number of carbonyl (C=O) groups is 1. The number of halogens is 1. The molecule has 1 atom stereocenters. The topological polar surface area (TPSA) is 26.3 Å². The highest BCUT2D eigenvalue weighted by Crippen LogP contribution is 2.31. The van der Waals surface area contributed by atoms with E-state index in [9.17, 15) is 4.79 Å². The molecular formula is C13H15BrO2. The normalized spacial score (nSPS) is 20.0. The fraction of sp³-hybridized carbons (Fsp3) is 0.462. The van der Waals surface area contributed by atoms with Crippen LogP contribution in [0.2, 0.25) is 0 Å². The first kappa shape index (κ1) is 11.8. The lowest BCUT2D eigenvalue weighted by Gasteiger charge is -2.11. The van der Waals surface area contributed by atoms with Crippen molar-refractivity contribution in [2.45, 2.75) is 25.7 Å². The van der Waals surface area contributed by atoms with Crippen molar-refractivity contribution in [2.24, 2.45) is 0 Å². The molecule has 2 nitrogen and oxygen atoms in total. The summed E-state index contributed by atoms with van der Waals surface area (Å²) in [4.78, 5) is 11.0. The van der Waals surface area contributed by atoms with E-state index in [0.717, 1.165) is 29.7 Å². The summed E-state index contributed by atoms with van der Waals surface area (Å²) >= 11 is 3.58. The Hall–Kier alpha value is -0.670. The molecule has 0 aliphatic carbocycles. The summed E-state index contributed by atoms with van der Waals surface area (Å²) in [6.07, 6.45) is 1.60. The number of Topliss-reactive ketones (excluding diaryl/α,β-unsaturated/α-hetero) is 1. The third-order valence-corrected chi connectivity index (χ3v) is 3.57. The SMILES string of the molecule is CC(=O)Cc1ccc(C2CCOC2)c(Br)c1. The van der Waals surface area contributed by atoms with Gasteiger partial charge in [0.05, 0.1) is 6.61 Å². The number of ether oxygens (including phenoxy) is 1. The largest absolute Gasteiger partial charge is 0.381 e. The van der Waals surface area contributed by atoms with Crippen molar-refractivity contribution in [3.8, 4) is 0 Å². The van der Waals surface area contributed by atoms with E-state index in [0.29, 0.717) is 12.3 Å². The number of benzene rings is 1. The molecule has 1 aromatic carbocycles. The van der Waals surface area contributed by atoms with Gasteiger partial charge in [0.15, 0.2) is 0 Å². The predicted molar refractivity (Wildman–Crippen MR) is 66.7 cm³/mol. The molecule has 0 saturated carbocycles. The first-order chi connectivity index (χ1) is 7.66. The summed E-state index contributed by atoms with van der Waals surface area (Å²) in [5.41, 5.74) is 2.37. The van der Waals surface area contributed by atoms with Crippen LogP contribution in [0.5, 0.6) is 0 Å². The van der Waals surface area contributed by atoms with E-state index in [1.54, 1.807) is 6.92 Å². The zero-order valence-corrected chi connectivity index (χ0v) is 10.9. The van der Waals surface area contributed by atoms with Crippen LogP contribution >= 0.6 is 15.9 Å². The van der Waals surface area contributed by atoms with Crippen molar-refractivity contribution < 1.29 is 9.53 Å². The van der Waals surface area contributed by atoms with Crippen LogP contribution in [-0.4, -0.2) is 19.0 Å². The standard InChI is InChI=1S/C13H15BrO2/c1-9(15)6-10-2-3-12(13(14)7-10)11-4-5-16-8-11/h2-3,7,11H,4-6,8H2,1H3. The Balaban J connectivity index is 2.18. The number of hydrogen-bond donors (Lipinski definition) is 0. The van der Waals surface area contributed by atoms with E-state index in [4.69, 9.17) is 4.74 Å². The molecule has 3 heteroatoms. The van der Waals surface area contributed by atoms with E-state index in [1.165, 1.54) is 5.56 Å². The van der Waals surface area contributed by atoms with Crippen molar-refractivity contribution in [1.82, 2.24) is 0 Å². The van der Waals surface area contributed by atoms with Gasteiger partial charge in [-0.1, -0.05) is 28.1 Å². The van der Waals surface area contributed by atoms with Gasteiger partial charge < -0.3 is 4.74 Å². The van der Waals surface area contributed by atoms with E-state index in [-0.39, 0.29) is 5.78 Å². The zero-order valence-electron chi connectivity index (χ0n) is 9.33. The van der Waals surface area contributed by atoms with Crippen molar-refractivity contribution >= 4 is 21.7 Å². The highest BCUT2D eigenvalue weighted by atomic mass is 79.9. The lowest BCUT2D eigenvalue weighted by atomic mass is 9.96. The summed E-state index contributed by atoms with van der Waals surface area (Å²) in [6.45, 7) is 3.28. The van der Waals surface area contributed by atoms with Gasteiger partial charge in [0.2, 0.25) is 0 Å². The Morgan fingerprint density at radius 3 is 2.94 bits per heavy atom. The second-order valence-corrected chi connectivity index (χ2v) is 5.15. The second-order valence-electron chi connectivity index (χ2n) is 4.30. The van der Waals surface area contributed by atoms with Gasteiger partial charge in [0, 0.05) is 23.4 Å². The number of hydrogen-bond acceptors (Lipinski definition) is 2. The molecule has 0 spiro atoms. The fourth-order valence-corrected chi connectivity index (χ4v) is 2.83. The minimum atomic E-state index is 0.198. The molecule has 0 N–H and O–H groups in total. The molecule has 86 valence electrons. The highest BCUT2D eigenvalue weighted by Gasteiger charge is 2.19. The van der Waals surface area contributed by atoms with Gasteiger partial charge in [-0.15, -0.1) is 0 Å². The van der Waals surface area contributed by atoms with Crippen LogP contribution in [0.3, 0.4) is 0 Å². The van der Waals surface area contributed by atoms with E-state index < -0.39 is 0 Å². The minimum Gasteiger partial charge on any atom is -0.381 e. The van der Waals surface area contributed by atoms with Gasteiger partial charge in [0.1, 0.15) is 5.78 Å². The summed E-state index contributed by atoms with van der Waals surface area (Å²) in [5, 5.41) is 0. The van der Waals surface area contributed by atoms with E-state index in [1.807, 2.05) is 6.07 Å². The van der Waals surface area contributed by atoms with Crippen molar-refractivity contribution in [2.75, 3.05) is 13.2 Å². The van der Waals surface area contributed by atoms with Crippen molar-refractivity contribution in [3.63, 3.8) is 0 Å². The predicted octanol–water partition coefficient (Wildman–Crippen LogP) is 3.08. The Morgan fingerprint density at radius 1 is 1.56 bits per heavy atom. The molecule has 16 heavy (non-hydrogen) atoms. The average molecular weight is 283 g/mol. The van der Waals surface area contributed by atoms with Crippen LogP contribution in [0, 0.1) is 0 Å². The van der Waals surface area contributed by atoms with Gasteiger partial charge in [-0.05, 0) is 30.5 Å². The van der Waals surface area contributed by atoms with E-state index >= 15 is 0 Å². The fourth-order valence-electron chi connectivity index (χ4n) is 2.08. The molecule has 1 aliphatic heterocycles. The Labute approximate surface area is 104 Å². The van der Waals surface area contributed by atoms with Gasteiger partial charge in [0.25, 0.3) is 0 Å². The maximum Gasteiger partial charge on any atom is 0.134 e. The molecule has 1 saturated heterocycles. The summed E-state index contributed by atoms with van der Waals surface area (Å²) in [7, 11) is 0. The lowest BCUT2D eigenvalue weighted by Crippen LogP contribution is -2.01. The first-order valence-electron chi connectivity index (χ1n) is 5.52. The first-order valence-corrected chi connectivity index (χ1v) is 6.31. The molecule has 1 aromatic rings. The third-order valence-electron chi connectivity index (χ3n) is 2.89.